The second-order valence-electron chi connectivity index (χ2n) is 8.11. The van der Waals surface area contributed by atoms with Gasteiger partial charge in [-0.2, -0.15) is 0 Å². The van der Waals surface area contributed by atoms with Gasteiger partial charge >= 0.3 is 0 Å². The third kappa shape index (κ3) is 5.41. The third-order valence-electron chi connectivity index (χ3n) is 5.74. The minimum atomic E-state index is -0.0946. The summed E-state index contributed by atoms with van der Waals surface area (Å²) in [7, 11) is 0. The number of nitrogens with zero attached hydrogens (tertiary/aromatic N) is 1. The molecule has 1 aliphatic heterocycles. The number of fused-ring (bicyclic) bond motifs is 1. The van der Waals surface area contributed by atoms with Gasteiger partial charge in [0, 0.05) is 36.9 Å². The molecule has 1 atom stereocenters. The van der Waals surface area contributed by atoms with Crippen LogP contribution in [0.2, 0.25) is 0 Å². The predicted molar refractivity (Wildman–Crippen MR) is 123 cm³/mol. The molecular weight excluding hydrogens is 374 g/mol. The van der Waals surface area contributed by atoms with Gasteiger partial charge in [-0.25, -0.2) is 0 Å². The first-order chi connectivity index (χ1) is 14.5. The quantitative estimate of drug-likeness (QED) is 0.654. The van der Waals surface area contributed by atoms with Crippen LogP contribution in [0.25, 0.3) is 0 Å². The molecule has 0 aromatic heterocycles. The van der Waals surface area contributed by atoms with E-state index >= 15 is 0 Å². The predicted octanol–water partition coefficient (Wildman–Crippen LogP) is 4.91. The minimum absolute atomic E-state index is 0.00946. The zero-order chi connectivity index (χ0) is 21.5. The van der Waals surface area contributed by atoms with E-state index in [0.29, 0.717) is 17.7 Å². The third-order valence-corrected chi connectivity index (χ3v) is 5.74. The average Bonchev–Trinajstić information content (AvgIpc) is 2.77. The Balaban J connectivity index is 1.87. The first-order valence-corrected chi connectivity index (χ1v) is 11.1. The molecular formula is C25H33N3O2. The van der Waals surface area contributed by atoms with E-state index in [2.05, 4.69) is 53.6 Å². The van der Waals surface area contributed by atoms with Gasteiger partial charge < -0.3 is 15.5 Å². The summed E-state index contributed by atoms with van der Waals surface area (Å²) in [6.45, 7) is 7.77. The molecule has 0 saturated heterocycles. The van der Waals surface area contributed by atoms with Crippen LogP contribution in [0.15, 0.2) is 42.5 Å². The number of carbonyl (C=O) groups excluding carboxylic acids is 2. The van der Waals surface area contributed by atoms with Crippen molar-refractivity contribution in [3.8, 4) is 0 Å². The summed E-state index contributed by atoms with van der Waals surface area (Å²) in [5.41, 5.74) is 4.87. The maximum Gasteiger partial charge on any atom is 0.253 e. The second-order valence-corrected chi connectivity index (χ2v) is 8.11. The molecule has 0 spiro atoms. The van der Waals surface area contributed by atoms with Gasteiger partial charge in [0.25, 0.3) is 5.91 Å². The smallest absolute Gasteiger partial charge is 0.253 e. The molecule has 2 aromatic rings. The van der Waals surface area contributed by atoms with Gasteiger partial charge in [0.1, 0.15) is 0 Å². The van der Waals surface area contributed by atoms with Crippen molar-refractivity contribution < 1.29 is 9.59 Å². The van der Waals surface area contributed by atoms with Gasteiger partial charge in [-0.3, -0.25) is 9.59 Å². The van der Waals surface area contributed by atoms with E-state index in [1.54, 1.807) is 0 Å². The van der Waals surface area contributed by atoms with Gasteiger partial charge in [-0.05, 0) is 55.5 Å². The molecule has 1 heterocycles. The summed E-state index contributed by atoms with van der Waals surface area (Å²) in [5, 5.41) is 6.03. The summed E-state index contributed by atoms with van der Waals surface area (Å²) < 4.78 is 0. The van der Waals surface area contributed by atoms with E-state index in [4.69, 9.17) is 0 Å². The van der Waals surface area contributed by atoms with Crippen molar-refractivity contribution in [2.24, 2.45) is 0 Å². The van der Waals surface area contributed by atoms with E-state index in [0.717, 1.165) is 44.5 Å². The summed E-state index contributed by atoms with van der Waals surface area (Å²) in [6.07, 6.45) is 4.16. The van der Waals surface area contributed by atoms with Crippen LogP contribution in [-0.2, 0) is 17.8 Å². The van der Waals surface area contributed by atoms with Crippen molar-refractivity contribution in [2.75, 3.05) is 16.8 Å². The highest BCUT2D eigenvalue weighted by atomic mass is 16.2. The molecule has 2 N–H and O–H groups in total. The normalized spacial score (nSPS) is 14.0. The fourth-order valence-corrected chi connectivity index (χ4v) is 3.74. The lowest BCUT2D eigenvalue weighted by molar-refractivity contribution is -0.116. The van der Waals surface area contributed by atoms with Crippen molar-refractivity contribution in [1.82, 2.24) is 5.32 Å². The molecule has 0 fully saturated rings. The van der Waals surface area contributed by atoms with Crippen molar-refractivity contribution in [2.45, 2.75) is 65.5 Å². The molecule has 30 heavy (non-hydrogen) atoms. The van der Waals surface area contributed by atoms with Crippen molar-refractivity contribution >= 4 is 23.2 Å². The Hall–Kier alpha value is -2.82. The van der Waals surface area contributed by atoms with Gasteiger partial charge in [0.05, 0.1) is 5.56 Å². The lowest BCUT2D eigenvalue weighted by Crippen LogP contribution is -2.35. The molecule has 160 valence electrons. The van der Waals surface area contributed by atoms with Crippen LogP contribution >= 0.6 is 0 Å². The Morgan fingerprint density at radius 3 is 2.60 bits per heavy atom. The molecule has 5 heteroatoms. The topological polar surface area (TPSA) is 61.4 Å². The standard InChI is InChI=1S/C25H33N3O2/c1-4-6-11-24(29)27-21-12-13-23(22(16-21)25(30)26-18(3)5-2)28-15-14-19-9-7-8-10-20(19)17-28/h7-10,12-13,16,18H,4-6,11,14-15,17H2,1-3H3,(H,26,30)(H,27,29)/t18-/m0/s1. The summed E-state index contributed by atoms with van der Waals surface area (Å²) in [5.74, 6) is -0.104. The number of anilines is 2. The number of benzene rings is 2. The fraction of sp³-hybridized carbons (Fsp3) is 0.440. The zero-order valence-electron chi connectivity index (χ0n) is 18.3. The van der Waals surface area contributed by atoms with Crippen LogP contribution in [0.1, 0.15) is 67.9 Å². The van der Waals surface area contributed by atoms with Crippen LogP contribution in [-0.4, -0.2) is 24.4 Å². The lowest BCUT2D eigenvalue weighted by Gasteiger charge is -2.32. The molecule has 5 nitrogen and oxygen atoms in total. The van der Waals surface area contributed by atoms with Crippen LogP contribution in [0.5, 0.6) is 0 Å². The van der Waals surface area contributed by atoms with Crippen molar-refractivity contribution in [3.63, 3.8) is 0 Å². The first kappa shape index (κ1) is 21.9. The SMILES string of the molecule is CCCCC(=O)Nc1ccc(N2CCc3ccccc3C2)c(C(=O)N[C@@H](C)CC)c1. The van der Waals surface area contributed by atoms with Gasteiger partial charge in [-0.1, -0.05) is 44.5 Å². The van der Waals surface area contributed by atoms with E-state index in [1.807, 2.05) is 25.1 Å². The van der Waals surface area contributed by atoms with Crippen molar-refractivity contribution in [1.29, 1.82) is 0 Å². The highest BCUT2D eigenvalue weighted by Gasteiger charge is 2.22. The van der Waals surface area contributed by atoms with Crippen LogP contribution in [0, 0.1) is 0 Å². The molecule has 0 radical (unpaired) electrons. The first-order valence-electron chi connectivity index (χ1n) is 11.1. The Kier molecular flexibility index (Phi) is 7.50. The highest BCUT2D eigenvalue weighted by molar-refractivity contribution is 6.02. The van der Waals surface area contributed by atoms with Crippen LogP contribution < -0.4 is 15.5 Å². The molecule has 2 aromatic carbocycles. The maximum absolute atomic E-state index is 13.1. The zero-order valence-corrected chi connectivity index (χ0v) is 18.3. The molecule has 0 unspecified atom stereocenters. The second kappa shape index (κ2) is 10.3. The van der Waals surface area contributed by atoms with Gasteiger partial charge in [0.15, 0.2) is 0 Å². The average molecular weight is 408 g/mol. The number of rotatable bonds is 8. The Bertz CT molecular complexity index is 894. The summed E-state index contributed by atoms with van der Waals surface area (Å²) >= 11 is 0. The fourth-order valence-electron chi connectivity index (χ4n) is 3.74. The highest BCUT2D eigenvalue weighted by Crippen LogP contribution is 2.30. The van der Waals surface area contributed by atoms with Crippen LogP contribution in [0.3, 0.4) is 0 Å². The minimum Gasteiger partial charge on any atom is -0.366 e. The Morgan fingerprint density at radius 1 is 1.10 bits per heavy atom. The number of unbranched alkanes of at least 4 members (excludes halogenated alkanes) is 1. The lowest BCUT2D eigenvalue weighted by atomic mass is 9.98. The molecule has 2 amide bonds. The summed E-state index contributed by atoms with van der Waals surface area (Å²) in [4.78, 5) is 27.5. The number of hydrogen-bond donors (Lipinski definition) is 2. The number of carbonyl (C=O) groups is 2. The largest absolute Gasteiger partial charge is 0.366 e. The van der Waals surface area contributed by atoms with E-state index in [-0.39, 0.29) is 17.9 Å². The van der Waals surface area contributed by atoms with Crippen molar-refractivity contribution in [3.05, 3.63) is 59.2 Å². The molecule has 3 rings (SSSR count). The van der Waals surface area contributed by atoms with E-state index in [1.165, 1.54) is 11.1 Å². The number of amides is 2. The molecule has 1 aliphatic rings. The molecule has 0 bridgehead atoms. The van der Waals surface area contributed by atoms with E-state index < -0.39 is 0 Å². The monoisotopic (exact) mass is 407 g/mol. The van der Waals surface area contributed by atoms with E-state index in [9.17, 15) is 9.59 Å². The van der Waals surface area contributed by atoms with Gasteiger partial charge in [-0.15, -0.1) is 0 Å². The molecule has 0 aliphatic carbocycles. The summed E-state index contributed by atoms with van der Waals surface area (Å²) in [6, 6.07) is 14.3. The molecule has 0 saturated carbocycles. The number of hydrogen-bond acceptors (Lipinski definition) is 3. The Morgan fingerprint density at radius 2 is 1.87 bits per heavy atom. The number of nitrogens with one attached hydrogen (secondary N) is 2. The van der Waals surface area contributed by atoms with Gasteiger partial charge in [0.2, 0.25) is 5.91 Å². The van der Waals surface area contributed by atoms with Crippen LogP contribution in [0.4, 0.5) is 11.4 Å². The maximum atomic E-state index is 13.1. The Labute approximate surface area is 179 Å².